The summed E-state index contributed by atoms with van der Waals surface area (Å²) in [4.78, 5) is 14.1. The minimum atomic E-state index is 0.251. The molecule has 3 rings (SSSR count). The average Bonchev–Trinajstić information content (AvgIpc) is 2.83. The lowest BCUT2D eigenvalue weighted by Crippen LogP contribution is -2.41. The van der Waals surface area contributed by atoms with Crippen LogP contribution in [0.1, 0.15) is 32.8 Å². The second kappa shape index (κ2) is 12.9. The van der Waals surface area contributed by atoms with Crippen molar-refractivity contribution in [2.45, 2.75) is 39.8 Å². The lowest BCUT2D eigenvalue weighted by Gasteiger charge is -2.32. The first kappa shape index (κ1) is 23.9. The van der Waals surface area contributed by atoms with Crippen LogP contribution in [0.5, 0.6) is 0 Å². The van der Waals surface area contributed by atoms with E-state index in [1.807, 2.05) is 6.20 Å². The molecule has 1 saturated heterocycles. The summed E-state index contributed by atoms with van der Waals surface area (Å²) >= 11 is 0. The van der Waals surface area contributed by atoms with Gasteiger partial charge in [0.1, 0.15) is 5.82 Å². The molecular weight excluding hydrogens is 400 g/mol. The molecule has 2 aromatic rings. The van der Waals surface area contributed by atoms with Crippen molar-refractivity contribution in [2.75, 3.05) is 55.7 Å². The first-order chi connectivity index (χ1) is 15.7. The van der Waals surface area contributed by atoms with Gasteiger partial charge in [-0.3, -0.25) is 0 Å². The first-order valence-corrected chi connectivity index (χ1v) is 11.8. The van der Waals surface area contributed by atoms with Gasteiger partial charge in [-0.2, -0.15) is 0 Å². The van der Waals surface area contributed by atoms with Crippen LogP contribution in [0, 0.1) is 0 Å². The van der Waals surface area contributed by atoms with Gasteiger partial charge in [-0.05, 0) is 51.0 Å². The Morgan fingerprint density at radius 2 is 2.03 bits per heavy atom. The number of pyridine rings is 1. The smallest absolute Gasteiger partial charge is 0.191 e. The van der Waals surface area contributed by atoms with E-state index in [-0.39, 0.29) is 6.10 Å². The molecule has 1 aromatic carbocycles. The molecule has 1 atom stereocenters. The molecule has 1 unspecified atom stereocenters. The van der Waals surface area contributed by atoms with Gasteiger partial charge in [-0.25, -0.2) is 9.98 Å². The highest BCUT2D eigenvalue weighted by atomic mass is 16.5. The van der Waals surface area contributed by atoms with Gasteiger partial charge in [-0.15, -0.1) is 0 Å². The summed E-state index contributed by atoms with van der Waals surface area (Å²) in [7, 11) is 0. The van der Waals surface area contributed by atoms with Crippen LogP contribution in [0.4, 0.5) is 11.5 Å². The summed E-state index contributed by atoms with van der Waals surface area (Å²) in [6, 6.07) is 14.8. The van der Waals surface area contributed by atoms with Crippen molar-refractivity contribution in [3.63, 3.8) is 0 Å². The maximum Gasteiger partial charge on any atom is 0.191 e. The Kier molecular flexibility index (Phi) is 9.62. The fourth-order valence-corrected chi connectivity index (χ4v) is 3.82. The average molecular weight is 439 g/mol. The van der Waals surface area contributed by atoms with E-state index >= 15 is 0 Å². The number of hydrogen-bond donors (Lipinski definition) is 2. The number of para-hydroxylation sites is 1. The maximum absolute atomic E-state index is 5.62. The van der Waals surface area contributed by atoms with Crippen molar-refractivity contribution >= 4 is 17.5 Å². The number of rotatable bonds is 10. The minimum Gasteiger partial charge on any atom is -0.375 e. The van der Waals surface area contributed by atoms with Crippen LogP contribution < -0.4 is 20.4 Å². The third-order valence-corrected chi connectivity index (χ3v) is 5.54. The van der Waals surface area contributed by atoms with Crippen LogP contribution in [-0.2, 0) is 11.3 Å². The third kappa shape index (κ3) is 7.41. The molecule has 0 amide bonds. The summed E-state index contributed by atoms with van der Waals surface area (Å²) in [5.41, 5.74) is 2.38. The van der Waals surface area contributed by atoms with Crippen LogP contribution >= 0.6 is 0 Å². The Balaban J connectivity index is 1.47. The van der Waals surface area contributed by atoms with Crippen molar-refractivity contribution in [1.29, 1.82) is 0 Å². The second-order valence-corrected chi connectivity index (χ2v) is 8.04. The van der Waals surface area contributed by atoms with Crippen LogP contribution in [0.2, 0.25) is 0 Å². The summed E-state index contributed by atoms with van der Waals surface area (Å²) in [6.45, 7) is 13.3. The Hall–Kier alpha value is -2.80. The van der Waals surface area contributed by atoms with Crippen molar-refractivity contribution in [3.8, 4) is 0 Å². The highest BCUT2D eigenvalue weighted by molar-refractivity contribution is 5.79. The predicted molar refractivity (Wildman–Crippen MR) is 134 cm³/mol. The molecular formula is C25H38N6O. The van der Waals surface area contributed by atoms with Crippen molar-refractivity contribution in [1.82, 2.24) is 15.6 Å². The first-order valence-electron chi connectivity index (χ1n) is 11.8. The fourth-order valence-electron chi connectivity index (χ4n) is 3.82. The van der Waals surface area contributed by atoms with Gasteiger partial charge in [0, 0.05) is 51.2 Å². The zero-order valence-electron chi connectivity index (χ0n) is 19.8. The molecule has 0 saturated carbocycles. The highest BCUT2D eigenvalue weighted by Crippen LogP contribution is 2.16. The number of benzene rings is 1. The van der Waals surface area contributed by atoms with Gasteiger partial charge >= 0.3 is 0 Å². The van der Waals surface area contributed by atoms with E-state index in [1.54, 1.807) is 0 Å². The minimum absolute atomic E-state index is 0.251. The molecule has 1 aliphatic rings. The van der Waals surface area contributed by atoms with Crippen molar-refractivity contribution in [3.05, 3.63) is 54.2 Å². The Labute approximate surface area is 192 Å². The number of nitrogens with one attached hydrogen (secondary N) is 2. The van der Waals surface area contributed by atoms with Crippen LogP contribution in [0.3, 0.4) is 0 Å². The van der Waals surface area contributed by atoms with Crippen LogP contribution in [0.25, 0.3) is 0 Å². The summed E-state index contributed by atoms with van der Waals surface area (Å²) in [5, 5.41) is 6.80. The molecule has 32 heavy (non-hydrogen) atoms. The third-order valence-electron chi connectivity index (χ3n) is 5.54. The molecule has 0 bridgehead atoms. The van der Waals surface area contributed by atoms with Gasteiger partial charge in [0.15, 0.2) is 5.96 Å². The molecule has 2 heterocycles. The molecule has 0 radical (unpaired) electrons. The van der Waals surface area contributed by atoms with Crippen LogP contribution in [-0.4, -0.2) is 62.9 Å². The number of morpholine rings is 1. The number of ether oxygens (including phenoxy) is 1. The van der Waals surface area contributed by atoms with E-state index in [1.165, 1.54) is 5.69 Å². The molecule has 1 aliphatic heterocycles. The van der Waals surface area contributed by atoms with E-state index in [9.17, 15) is 0 Å². The Morgan fingerprint density at radius 1 is 1.19 bits per heavy atom. The quantitative estimate of drug-likeness (QED) is 0.337. The van der Waals surface area contributed by atoms with Crippen molar-refractivity contribution in [2.24, 2.45) is 4.99 Å². The van der Waals surface area contributed by atoms with E-state index < -0.39 is 0 Å². The number of aromatic nitrogens is 1. The van der Waals surface area contributed by atoms with Gasteiger partial charge < -0.3 is 25.2 Å². The fraction of sp³-hybridized carbons (Fsp3) is 0.520. The predicted octanol–water partition coefficient (Wildman–Crippen LogP) is 3.28. The summed E-state index contributed by atoms with van der Waals surface area (Å²) in [5.74, 6) is 1.86. The molecule has 1 aromatic heterocycles. The number of aliphatic imine (C=N–C) groups is 1. The van der Waals surface area contributed by atoms with Gasteiger partial charge in [0.05, 0.1) is 19.3 Å². The van der Waals surface area contributed by atoms with E-state index in [0.29, 0.717) is 6.54 Å². The standard InChI is InChI=1S/C25H38N6O/c1-4-26-25(27-14-9-15-30(5-2)23-10-7-6-8-11-23)29-19-22-12-13-24(28-18-22)31-16-17-32-21(3)20-31/h6-8,10-13,18,21H,4-5,9,14-17,19-20H2,1-3H3,(H2,26,27,29). The summed E-state index contributed by atoms with van der Waals surface area (Å²) < 4.78 is 5.62. The van der Waals surface area contributed by atoms with Gasteiger partial charge in [0.25, 0.3) is 0 Å². The second-order valence-electron chi connectivity index (χ2n) is 8.04. The Morgan fingerprint density at radius 3 is 2.72 bits per heavy atom. The lowest BCUT2D eigenvalue weighted by atomic mass is 10.2. The SMILES string of the molecule is CCNC(=NCc1ccc(N2CCOC(C)C2)nc1)NCCCN(CC)c1ccccc1. The molecule has 7 nitrogen and oxygen atoms in total. The normalized spacial score (nSPS) is 16.7. The van der Waals surface area contributed by atoms with E-state index in [0.717, 1.165) is 69.6 Å². The monoisotopic (exact) mass is 438 g/mol. The summed E-state index contributed by atoms with van der Waals surface area (Å²) in [6.07, 6.45) is 3.23. The molecule has 0 aliphatic carbocycles. The molecule has 0 spiro atoms. The van der Waals surface area contributed by atoms with E-state index in [4.69, 9.17) is 9.73 Å². The van der Waals surface area contributed by atoms with E-state index in [2.05, 4.69) is 88.7 Å². The molecule has 7 heteroatoms. The topological polar surface area (TPSA) is 65.0 Å². The maximum atomic E-state index is 5.62. The van der Waals surface area contributed by atoms with Crippen LogP contribution in [0.15, 0.2) is 53.7 Å². The largest absolute Gasteiger partial charge is 0.375 e. The number of anilines is 2. The molecule has 174 valence electrons. The number of guanidine groups is 1. The zero-order chi connectivity index (χ0) is 22.6. The Bertz CT molecular complexity index is 811. The van der Waals surface area contributed by atoms with Gasteiger partial charge in [0.2, 0.25) is 0 Å². The lowest BCUT2D eigenvalue weighted by molar-refractivity contribution is 0.0529. The van der Waals surface area contributed by atoms with Crippen molar-refractivity contribution < 1.29 is 4.74 Å². The number of nitrogens with zero attached hydrogens (tertiary/aromatic N) is 4. The molecule has 2 N–H and O–H groups in total. The molecule has 1 fully saturated rings. The van der Waals surface area contributed by atoms with Gasteiger partial charge in [-0.1, -0.05) is 24.3 Å². The zero-order valence-corrected chi connectivity index (χ0v) is 19.8. The number of hydrogen-bond acceptors (Lipinski definition) is 5. The highest BCUT2D eigenvalue weighted by Gasteiger charge is 2.17.